The van der Waals surface area contributed by atoms with Crippen LogP contribution in [-0.2, 0) is 6.42 Å². The van der Waals surface area contributed by atoms with E-state index >= 15 is 0 Å². The molecule has 2 atom stereocenters. The molecule has 0 bridgehead atoms. The first-order valence-corrected chi connectivity index (χ1v) is 8.73. The summed E-state index contributed by atoms with van der Waals surface area (Å²) in [6.45, 7) is 3.58. The molecule has 21 heavy (non-hydrogen) atoms. The number of nitrogens with zero attached hydrogens (tertiary/aromatic N) is 1. The van der Waals surface area contributed by atoms with Crippen molar-refractivity contribution in [1.82, 2.24) is 4.90 Å². The van der Waals surface area contributed by atoms with Crippen molar-refractivity contribution in [2.45, 2.75) is 57.5 Å². The molecule has 1 spiro atoms. The van der Waals surface area contributed by atoms with Gasteiger partial charge in [-0.25, -0.2) is 0 Å². The first-order valence-electron chi connectivity index (χ1n) is 8.73. The van der Waals surface area contributed by atoms with E-state index in [1.165, 1.54) is 63.6 Å². The Morgan fingerprint density at radius 3 is 2.67 bits per heavy atom. The average Bonchev–Trinajstić information content (AvgIpc) is 2.85. The lowest BCUT2D eigenvalue weighted by atomic mass is 9.76. The third-order valence-electron chi connectivity index (χ3n) is 5.58. The standard InChI is InChI=1S/C19H29NO/c21-18-11-6-12-19(18)13-7-15-20(16-19)14-5-4-10-17-8-2-1-3-9-17/h1-3,8-9,18,21H,4-7,10-16H2/t18-,19+/m1/s1. The molecule has 1 aromatic carbocycles. The number of benzene rings is 1. The van der Waals surface area contributed by atoms with Crippen molar-refractivity contribution in [1.29, 1.82) is 0 Å². The van der Waals surface area contributed by atoms with Gasteiger partial charge < -0.3 is 10.0 Å². The number of aliphatic hydroxyl groups is 1. The van der Waals surface area contributed by atoms with E-state index in [1.54, 1.807) is 0 Å². The van der Waals surface area contributed by atoms with Gasteiger partial charge in [0, 0.05) is 12.0 Å². The number of hydrogen-bond acceptors (Lipinski definition) is 2. The summed E-state index contributed by atoms with van der Waals surface area (Å²) < 4.78 is 0. The molecule has 0 unspecified atom stereocenters. The zero-order chi connectivity index (χ0) is 14.5. The number of unbranched alkanes of at least 4 members (excludes halogenated alkanes) is 1. The molecule has 1 aliphatic carbocycles. The van der Waals surface area contributed by atoms with Crippen molar-refractivity contribution in [3.63, 3.8) is 0 Å². The van der Waals surface area contributed by atoms with Gasteiger partial charge in [0.05, 0.1) is 6.10 Å². The Labute approximate surface area is 129 Å². The highest BCUT2D eigenvalue weighted by molar-refractivity contribution is 5.14. The van der Waals surface area contributed by atoms with Crippen molar-refractivity contribution < 1.29 is 5.11 Å². The molecule has 1 saturated heterocycles. The fourth-order valence-corrected chi connectivity index (χ4v) is 4.35. The maximum absolute atomic E-state index is 10.3. The molecule has 1 N–H and O–H groups in total. The van der Waals surface area contributed by atoms with Crippen LogP contribution in [0.1, 0.15) is 50.5 Å². The van der Waals surface area contributed by atoms with Crippen LogP contribution >= 0.6 is 0 Å². The molecular formula is C19H29NO. The molecule has 0 radical (unpaired) electrons. The van der Waals surface area contributed by atoms with Gasteiger partial charge in [-0.1, -0.05) is 36.8 Å². The van der Waals surface area contributed by atoms with Crippen LogP contribution in [0.4, 0.5) is 0 Å². The molecule has 116 valence electrons. The van der Waals surface area contributed by atoms with Gasteiger partial charge in [-0.05, 0) is 63.6 Å². The molecule has 1 aromatic rings. The fourth-order valence-electron chi connectivity index (χ4n) is 4.35. The lowest BCUT2D eigenvalue weighted by Gasteiger charge is -2.42. The molecule has 2 heteroatoms. The average molecular weight is 287 g/mol. The van der Waals surface area contributed by atoms with Crippen molar-refractivity contribution in [3.05, 3.63) is 35.9 Å². The highest BCUT2D eigenvalue weighted by Gasteiger charge is 2.44. The Morgan fingerprint density at radius 2 is 1.90 bits per heavy atom. The number of likely N-dealkylation sites (tertiary alicyclic amines) is 1. The molecule has 0 amide bonds. The van der Waals surface area contributed by atoms with Gasteiger partial charge in [0.15, 0.2) is 0 Å². The molecule has 2 aliphatic rings. The van der Waals surface area contributed by atoms with E-state index in [0.717, 1.165) is 13.0 Å². The molecule has 1 saturated carbocycles. The summed E-state index contributed by atoms with van der Waals surface area (Å²) in [5, 5.41) is 10.3. The van der Waals surface area contributed by atoms with E-state index in [9.17, 15) is 5.11 Å². The number of hydrogen-bond donors (Lipinski definition) is 1. The minimum absolute atomic E-state index is 0.0374. The fraction of sp³-hybridized carbons (Fsp3) is 0.684. The van der Waals surface area contributed by atoms with Gasteiger partial charge in [-0.3, -0.25) is 0 Å². The van der Waals surface area contributed by atoms with Crippen LogP contribution in [-0.4, -0.2) is 35.7 Å². The number of piperidine rings is 1. The summed E-state index contributed by atoms with van der Waals surface area (Å²) in [5.41, 5.74) is 1.70. The van der Waals surface area contributed by atoms with Crippen molar-refractivity contribution >= 4 is 0 Å². The van der Waals surface area contributed by atoms with Gasteiger partial charge in [0.1, 0.15) is 0 Å². The summed E-state index contributed by atoms with van der Waals surface area (Å²) in [7, 11) is 0. The topological polar surface area (TPSA) is 23.5 Å². The predicted octanol–water partition coefficient (Wildman–Crippen LogP) is 3.64. The summed E-state index contributed by atoms with van der Waals surface area (Å²) in [4.78, 5) is 2.61. The zero-order valence-corrected chi connectivity index (χ0v) is 13.1. The van der Waals surface area contributed by atoms with Crippen LogP contribution < -0.4 is 0 Å². The first-order chi connectivity index (χ1) is 10.3. The van der Waals surface area contributed by atoms with Crippen LogP contribution in [0.25, 0.3) is 0 Å². The molecule has 2 nitrogen and oxygen atoms in total. The van der Waals surface area contributed by atoms with Gasteiger partial charge in [-0.2, -0.15) is 0 Å². The third kappa shape index (κ3) is 3.67. The molecular weight excluding hydrogens is 258 g/mol. The van der Waals surface area contributed by atoms with Crippen LogP contribution in [0.2, 0.25) is 0 Å². The van der Waals surface area contributed by atoms with Crippen molar-refractivity contribution in [3.8, 4) is 0 Å². The number of rotatable bonds is 5. The van der Waals surface area contributed by atoms with E-state index in [2.05, 4.69) is 35.2 Å². The Bertz CT molecular complexity index is 432. The molecule has 2 fully saturated rings. The Morgan fingerprint density at radius 1 is 1.10 bits per heavy atom. The monoisotopic (exact) mass is 287 g/mol. The van der Waals surface area contributed by atoms with E-state index in [1.807, 2.05) is 0 Å². The number of aryl methyl sites for hydroxylation is 1. The van der Waals surface area contributed by atoms with Gasteiger partial charge in [0.25, 0.3) is 0 Å². The van der Waals surface area contributed by atoms with Crippen LogP contribution in [0, 0.1) is 5.41 Å². The lowest BCUT2D eigenvalue weighted by molar-refractivity contribution is -0.00977. The summed E-state index contributed by atoms with van der Waals surface area (Å²) in [5.74, 6) is 0. The van der Waals surface area contributed by atoms with Gasteiger partial charge >= 0.3 is 0 Å². The first kappa shape index (κ1) is 15.1. The SMILES string of the molecule is O[C@@H]1CCC[C@@]12CCCN(CCCCc1ccccc1)C2. The highest BCUT2D eigenvalue weighted by Crippen LogP contribution is 2.44. The minimum Gasteiger partial charge on any atom is -0.393 e. The van der Waals surface area contributed by atoms with Gasteiger partial charge in [0.2, 0.25) is 0 Å². The Hall–Kier alpha value is -0.860. The second-order valence-electron chi connectivity index (χ2n) is 7.09. The Balaban J connectivity index is 1.41. The van der Waals surface area contributed by atoms with E-state index < -0.39 is 0 Å². The quantitative estimate of drug-likeness (QED) is 0.836. The van der Waals surface area contributed by atoms with Crippen LogP contribution in [0.15, 0.2) is 30.3 Å². The van der Waals surface area contributed by atoms with Crippen LogP contribution in [0.5, 0.6) is 0 Å². The molecule has 1 aliphatic heterocycles. The molecule has 1 heterocycles. The maximum atomic E-state index is 10.3. The molecule has 3 rings (SSSR count). The normalized spacial score (nSPS) is 30.0. The molecule has 0 aromatic heterocycles. The smallest absolute Gasteiger partial charge is 0.0608 e. The summed E-state index contributed by atoms with van der Waals surface area (Å²) >= 11 is 0. The van der Waals surface area contributed by atoms with E-state index in [4.69, 9.17) is 0 Å². The summed E-state index contributed by atoms with van der Waals surface area (Å²) in [6.07, 6.45) is 9.73. The van der Waals surface area contributed by atoms with Crippen molar-refractivity contribution in [2.24, 2.45) is 5.41 Å². The minimum atomic E-state index is -0.0374. The second kappa shape index (κ2) is 6.93. The van der Waals surface area contributed by atoms with E-state index in [-0.39, 0.29) is 11.5 Å². The zero-order valence-electron chi connectivity index (χ0n) is 13.1. The predicted molar refractivity (Wildman–Crippen MR) is 87.3 cm³/mol. The van der Waals surface area contributed by atoms with Gasteiger partial charge in [-0.15, -0.1) is 0 Å². The maximum Gasteiger partial charge on any atom is 0.0608 e. The summed E-state index contributed by atoms with van der Waals surface area (Å²) in [6, 6.07) is 10.8. The lowest BCUT2D eigenvalue weighted by Crippen LogP contribution is -2.47. The largest absolute Gasteiger partial charge is 0.393 e. The van der Waals surface area contributed by atoms with E-state index in [0.29, 0.717) is 0 Å². The van der Waals surface area contributed by atoms with Crippen molar-refractivity contribution in [2.75, 3.05) is 19.6 Å². The highest BCUT2D eigenvalue weighted by atomic mass is 16.3. The third-order valence-corrected chi connectivity index (χ3v) is 5.58. The van der Waals surface area contributed by atoms with Crippen LogP contribution in [0.3, 0.4) is 0 Å². The number of aliphatic hydroxyl groups excluding tert-OH is 1. The Kier molecular flexibility index (Phi) is 4.97. The second-order valence-corrected chi connectivity index (χ2v) is 7.09.